The van der Waals surface area contributed by atoms with E-state index in [1.54, 1.807) is 25.3 Å². The number of aromatic nitrogens is 1. The van der Waals surface area contributed by atoms with Crippen molar-refractivity contribution in [3.05, 3.63) is 30.0 Å². The molecule has 1 aromatic heterocycles. The second kappa shape index (κ2) is 3.74. The molecule has 1 aromatic carbocycles. The molecule has 4 nitrogen and oxygen atoms in total. The van der Waals surface area contributed by atoms with Gasteiger partial charge in [0.05, 0.1) is 25.4 Å². The number of hydrogen-bond donors (Lipinski definition) is 2. The lowest BCUT2D eigenvalue weighted by atomic mass is 10.1. The van der Waals surface area contributed by atoms with E-state index in [0.29, 0.717) is 16.7 Å². The van der Waals surface area contributed by atoms with E-state index in [4.69, 9.17) is 9.84 Å². The Morgan fingerprint density at radius 2 is 2.20 bits per heavy atom. The summed E-state index contributed by atoms with van der Waals surface area (Å²) in [7, 11) is 1.57. The lowest BCUT2D eigenvalue weighted by Crippen LogP contribution is -1.91. The third-order valence-electron chi connectivity index (χ3n) is 2.32. The Hall–Kier alpha value is -1.81. The number of aliphatic hydroxyl groups is 1. The van der Waals surface area contributed by atoms with E-state index in [0.717, 1.165) is 5.52 Å². The fourth-order valence-electron chi connectivity index (χ4n) is 1.51. The maximum absolute atomic E-state index is 9.51. The van der Waals surface area contributed by atoms with E-state index in [1.165, 1.54) is 6.20 Å². The summed E-state index contributed by atoms with van der Waals surface area (Å²) < 4.78 is 5.07. The summed E-state index contributed by atoms with van der Waals surface area (Å²) in [6.45, 7) is -0.224. The number of aliphatic hydroxyl groups excluding tert-OH is 1. The van der Waals surface area contributed by atoms with Crippen molar-refractivity contribution < 1.29 is 14.9 Å². The number of methoxy groups -OCH3 is 1. The van der Waals surface area contributed by atoms with Gasteiger partial charge in [-0.1, -0.05) is 0 Å². The van der Waals surface area contributed by atoms with Crippen LogP contribution in [0.2, 0.25) is 0 Å². The van der Waals surface area contributed by atoms with Crippen LogP contribution in [-0.2, 0) is 6.61 Å². The average Bonchev–Trinajstić information content (AvgIpc) is 2.28. The predicted molar refractivity (Wildman–Crippen MR) is 55.9 cm³/mol. The maximum Gasteiger partial charge on any atom is 0.140 e. The summed E-state index contributed by atoms with van der Waals surface area (Å²) in [4.78, 5) is 4.05. The smallest absolute Gasteiger partial charge is 0.140 e. The van der Waals surface area contributed by atoms with Crippen LogP contribution >= 0.6 is 0 Å². The first-order chi connectivity index (χ1) is 7.26. The van der Waals surface area contributed by atoms with Crippen LogP contribution in [-0.4, -0.2) is 22.3 Å². The van der Waals surface area contributed by atoms with Gasteiger partial charge in [0.2, 0.25) is 0 Å². The summed E-state index contributed by atoms with van der Waals surface area (Å²) >= 11 is 0. The van der Waals surface area contributed by atoms with Gasteiger partial charge in [0.25, 0.3) is 0 Å². The molecule has 0 atom stereocenters. The fraction of sp³-hybridized carbons (Fsp3) is 0.182. The first-order valence-electron chi connectivity index (χ1n) is 4.51. The number of pyridine rings is 1. The minimum absolute atomic E-state index is 0.00162. The van der Waals surface area contributed by atoms with Gasteiger partial charge in [-0.3, -0.25) is 4.98 Å². The van der Waals surface area contributed by atoms with Gasteiger partial charge in [-0.2, -0.15) is 0 Å². The van der Waals surface area contributed by atoms with E-state index >= 15 is 0 Å². The lowest BCUT2D eigenvalue weighted by molar-refractivity contribution is 0.277. The third-order valence-corrected chi connectivity index (χ3v) is 2.32. The van der Waals surface area contributed by atoms with Crippen molar-refractivity contribution in [3.63, 3.8) is 0 Å². The quantitative estimate of drug-likeness (QED) is 0.778. The molecule has 2 rings (SSSR count). The standard InChI is InChI=1S/C11H11NO3/c1-15-7-2-3-10-8(4-7)9(6-13)11(14)5-12-10/h2-5,13-14H,6H2,1H3. The highest BCUT2D eigenvalue weighted by molar-refractivity contribution is 5.85. The Morgan fingerprint density at radius 3 is 2.87 bits per heavy atom. The van der Waals surface area contributed by atoms with Crippen LogP contribution in [0.15, 0.2) is 24.4 Å². The van der Waals surface area contributed by atoms with Crippen LogP contribution in [0.3, 0.4) is 0 Å². The zero-order valence-electron chi connectivity index (χ0n) is 8.27. The SMILES string of the molecule is COc1ccc2ncc(O)c(CO)c2c1. The Bertz CT molecular complexity index is 496. The summed E-state index contributed by atoms with van der Waals surface area (Å²) in [6.07, 6.45) is 1.33. The highest BCUT2D eigenvalue weighted by Crippen LogP contribution is 2.28. The van der Waals surface area contributed by atoms with Gasteiger partial charge in [0.1, 0.15) is 11.5 Å². The van der Waals surface area contributed by atoms with Gasteiger partial charge in [0.15, 0.2) is 0 Å². The minimum Gasteiger partial charge on any atom is -0.506 e. The molecule has 0 radical (unpaired) electrons. The molecule has 0 unspecified atom stereocenters. The summed E-state index contributed by atoms with van der Waals surface area (Å²) in [5, 5.41) is 19.4. The number of nitrogens with zero attached hydrogens (tertiary/aromatic N) is 1. The lowest BCUT2D eigenvalue weighted by Gasteiger charge is -2.07. The second-order valence-corrected chi connectivity index (χ2v) is 3.16. The molecule has 0 saturated heterocycles. The number of aromatic hydroxyl groups is 1. The third kappa shape index (κ3) is 1.59. The molecule has 0 spiro atoms. The number of ether oxygens (including phenoxy) is 1. The Kier molecular flexibility index (Phi) is 2.43. The van der Waals surface area contributed by atoms with Crippen LogP contribution in [0, 0.1) is 0 Å². The van der Waals surface area contributed by atoms with Gasteiger partial charge in [-0.05, 0) is 18.2 Å². The summed E-state index contributed by atoms with van der Waals surface area (Å²) in [5.41, 5.74) is 1.19. The van der Waals surface area contributed by atoms with Crippen molar-refractivity contribution in [2.24, 2.45) is 0 Å². The number of rotatable bonds is 2. The van der Waals surface area contributed by atoms with E-state index in [-0.39, 0.29) is 12.4 Å². The van der Waals surface area contributed by atoms with Crippen molar-refractivity contribution in [2.45, 2.75) is 6.61 Å². The van der Waals surface area contributed by atoms with Gasteiger partial charge in [-0.15, -0.1) is 0 Å². The zero-order valence-corrected chi connectivity index (χ0v) is 8.27. The number of benzene rings is 1. The molecule has 15 heavy (non-hydrogen) atoms. The van der Waals surface area contributed by atoms with E-state index in [1.807, 2.05) is 0 Å². The van der Waals surface area contributed by atoms with Crippen LogP contribution in [0.5, 0.6) is 11.5 Å². The van der Waals surface area contributed by atoms with Gasteiger partial charge < -0.3 is 14.9 Å². The largest absolute Gasteiger partial charge is 0.506 e. The number of hydrogen-bond acceptors (Lipinski definition) is 4. The fourth-order valence-corrected chi connectivity index (χ4v) is 1.51. The summed E-state index contributed by atoms with van der Waals surface area (Å²) in [5.74, 6) is 0.669. The molecular weight excluding hydrogens is 194 g/mol. The highest BCUT2D eigenvalue weighted by atomic mass is 16.5. The molecule has 0 aliphatic rings. The van der Waals surface area contributed by atoms with E-state index in [2.05, 4.69) is 4.98 Å². The van der Waals surface area contributed by atoms with Gasteiger partial charge in [-0.25, -0.2) is 0 Å². The molecule has 0 bridgehead atoms. The van der Waals surface area contributed by atoms with Gasteiger partial charge >= 0.3 is 0 Å². The molecule has 2 aromatic rings. The Balaban J connectivity index is 2.76. The molecule has 2 N–H and O–H groups in total. The van der Waals surface area contributed by atoms with Crippen molar-refractivity contribution in [1.82, 2.24) is 4.98 Å². The van der Waals surface area contributed by atoms with E-state index in [9.17, 15) is 5.11 Å². The highest BCUT2D eigenvalue weighted by Gasteiger charge is 2.07. The zero-order chi connectivity index (χ0) is 10.8. The molecule has 0 fully saturated rings. The predicted octanol–water partition coefficient (Wildman–Crippen LogP) is 1.44. The molecular formula is C11H11NO3. The van der Waals surface area contributed by atoms with E-state index < -0.39 is 0 Å². The van der Waals surface area contributed by atoms with Gasteiger partial charge in [0, 0.05) is 10.9 Å². The normalized spacial score (nSPS) is 10.5. The minimum atomic E-state index is -0.224. The average molecular weight is 205 g/mol. The first-order valence-corrected chi connectivity index (χ1v) is 4.51. The molecule has 4 heteroatoms. The number of fused-ring (bicyclic) bond motifs is 1. The van der Waals surface area contributed by atoms with Crippen LogP contribution in [0.1, 0.15) is 5.56 Å². The van der Waals surface area contributed by atoms with Crippen molar-refractivity contribution in [1.29, 1.82) is 0 Å². The molecule has 0 amide bonds. The molecule has 1 heterocycles. The topological polar surface area (TPSA) is 62.6 Å². The van der Waals surface area contributed by atoms with Crippen molar-refractivity contribution >= 4 is 10.9 Å². The molecule has 78 valence electrons. The first kappa shape index (κ1) is 9.73. The van der Waals surface area contributed by atoms with Crippen molar-refractivity contribution in [2.75, 3.05) is 7.11 Å². The van der Waals surface area contributed by atoms with Crippen LogP contribution in [0.4, 0.5) is 0 Å². The monoisotopic (exact) mass is 205 g/mol. The van der Waals surface area contributed by atoms with Crippen molar-refractivity contribution in [3.8, 4) is 11.5 Å². The van der Waals surface area contributed by atoms with Crippen LogP contribution < -0.4 is 4.74 Å². The Morgan fingerprint density at radius 1 is 1.40 bits per heavy atom. The summed E-state index contributed by atoms with van der Waals surface area (Å²) in [6, 6.07) is 5.31. The molecule has 0 saturated carbocycles. The molecule has 0 aliphatic carbocycles. The molecule has 0 aliphatic heterocycles. The second-order valence-electron chi connectivity index (χ2n) is 3.16. The van der Waals surface area contributed by atoms with Crippen LogP contribution in [0.25, 0.3) is 10.9 Å². The maximum atomic E-state index is 9.51. The Labute approximate surface area is 86.8 Å².